The molecule has 2 N–H and O–H groups in total. The lowest BCUT2D eigenvalue weighted by Crippen LogP contribution is -2.25. The summed E-state index contributed by atoms with van der Waals surface area (Å²) in [6, 6.07) is 7.10. The quantitative estimate of drug-likeness (QED) is 0.832. The maximum Gasteiger partial charge on any atom is 0.412 e. The topological polar surface area (TPSA) is 79.8 Å². The summed E-state index contributed by atoms with van der Waals surface area (Å²) in [5.74, 6) is 2.22. The minimum atomic E-state index is -0.601. The van der Waals surface area contributed by atoms with Crippen molar-refractivity contribution < 1.29 is 14.3 Å². The zero-order valence-corrected chi connectivity index (χ0v) is 11.6. The smallest absolute Gasteiger partial charge is 0.412 e. The lowest BCUT2D eigenvalue weighted by Gasteiger charge is -2.13. The first-order chi connectivity index (χ1) is 10.1. The van der Waals surface area contributed by atoms with Gasteiger partial charge in [-0.15, -0.1) is 6.42 Å². The number of anilines is 1. The Morgan fingerprint density at radius 1 is 1.43 bits per heavy atom. The Labute approximate surface area is 122 Å². The summed E-state index contributed by atoms with van der Waals surface area (Å²) in [4.78, 5) is 22.5. The lowest BCUT2D eigenvalue weighted by atomic mass is 10.0. The van der Waals surface area contributed by atoms with Crippen molar-refractivity contribution >= 4 is 23.4 Å². The molecule has 1 atom stereocenters. The SMILES string of the molecule is C#CC(C)OC(=O)Nc1ccc(C2=NNC(=O)CC2)cc1. The van der Waals surface area contributed by atoms with Gasteiger partial charge in [-0.3, -0.25) is 10.1 Å². The van der Waals surface area contributed by atoms with Gasteiger partial charge < -0.3 is 4.74 Å². The highest BCUT2D eigenvalue weighted by Crippen LogP contribution is 2.14. The summed E-state index contributed by atoms with van der Waals surface area (Å²) >= 11 is 0. The van der Waals surface area contributed by atoms with E-state index in [1.807, 2.05) is 12.1 Å². The van der Waals surface area contributed by atoms with Gasteiger partial charge in [-0.2, -0.15) is 5.10 Å². The number of terminal acetylenes is 1. The summed E-state index contributed by atoms with van der Waals surface area (Å²) in [7, 11) is 0. The van der Waals surface area contributed by atoms with Gasteiger partial charge in [-0.05, 0) is 24.6 Å². The zero-order valence-electron chi connectivity index (χ0n) is 11.6. The van der Waals surface area contributed by atoms with Gasteiger partial charge in [-0.1, -0.05) is 18.1 Å². The van der Waals surface area contributed by atoms with Crippen molar-refractivity contribution in [2.45, 2.75) is 25.9 Å². The molecule has 0 saturated carbocycles. The number of hydrogen-bond donors (Lipinski definition) is 2. The molecule has 1 aliphatic heterocycles. The largest absolute Gasteiger partial charge is 0.433 e. The van der Waals surface area contributed by atoms with E-state index in [1.165, 1.54) is 0 Å². The third-order valence-corrected chi connectivity index (χ3v) is 2.89. The van der Waals surface area contributed by atoms with Crippen molar-refractivity contribution in [2.24, 2.45) is 5.10 Å². The van der Waals surface area contributed by atoms with Crippen molar-refractivity contribution in [2.75, 3.05) is 5.32 Å². The van der Waals surface area contributed by atoms with Crippen LogP contribution < -0.4 is 10.7 Å². The Kier molecular flexibility index (Phi) is 4.57. The van der Waals surface area contributed by atoms with Gasteiger partial charge in [0.25, 0.3) is 0 Å². The first-order valence-corrected chi connectivity index (χ1v) is 6.48. The number of nitrogens with zero attached hydrogens (tertiary/aromatic N) is 1. The molecular formula is C15H15N3O3. The summed E-state index contributed by atoms with van der Waals surface area (Å²) in [5, 5.41) is 6.58. The van der Waals surface area contributed by atoms with Crippen LogP contribution in [-0.4, -0.2) is 23.8 Å². The molecule has 0 saturated heterocycles. The van der Waals surface area contributed by atoms with Gasteiger partial charge in [0.2, 0.25) is 5.91 Å². The molecule has 6 heteroatoms. The number of carbonyl (C=O) groups is 2. The summed E-state index contributed by atoms with van der Waals surface area (Å²) < 4.78 is 4.90. The average Bonchev–Trinajstić information content (AvgIpc) is 2.48. The average molecular weight is 285 g/mol. The van der Waals surface area contributed by atoms with Crippen LogP contribution in [0.4, 0.5) is 10.5 Å². The Morgan fingerprint density at radius 2 is 2.14 bits per heavy atom. The minimum absolute atomic E-state index is 0.0811. The second-order valence-corrected chi connectivity index (χ2v) is 4.51. The van der Waals surface area contributed by atoms with E-state index in [1.54, 1.807) is 19.1 Å². The predicted molar refractivity (Wildman–Crippen MR) is 78.8 cm³/mol. The van der Waals surface area contributed by atoms with E-state index in [4.69, 9.17) is 11.2 Å². The molecule has 0 bridgehead atoms. The van der Waals surface area contributed by atoms with E-state index < -0.39 is 12.2 Å². The van der Waals surface area contributed by atoms with Crippen molar-refractivity contribution in [3.8, 4) is 12.3 Å². The van der Waals surface area contributed by atoms with Crippen LogP contribution in [-0.2, 0) is 9.53 Å². The van der Waals surface area contributed by atoms with Crippen LogP contribution in [0, 0.1) is 12.3 Å². The van der Waals surface area contributed by atoms with E-state index >= 15 is 0 Å². The minimum Gasteiger partial charge on any atom is -0.433 e. The summed E-state index contributed by atoms with van der Waals surface area (Å²) in [6.07, 6.45) is 4.97. The normalized spacial score (nSPS) is 15.2. The van der Waals surface area contributed by atoms with Gasteiger partial charge in [0, 0.05) is 18.5 Å². The number of ether oxygens (including phenoxy) is 1. The Balaban J connectivity index is 1.98. The van der Waals surface area contributed by atoms with Crippen molar-refractivity contribution in [3.63, 3.8) is 0 Å². The molecule has 1 aromatic rings. The molecule has 0 aromatic heterocycles. The lowest BCUT2D eigenvalue weighted by molar-refractivity contribution is -0.121. The monoisotopic (exact) mass is 285 g/mol. The maximum atomic E-state index is 11.5. The molecule has 21 heavy (non-hydrogen) atoms. The zero-order chi connectivity index (χ0) is 15.2. The first-order valence-electron chi connectivity index (χ1n) is 6.48. The molecule has 6 nitrogen and oxygen atoms in total. The van der Waals surface area contributed by atoms with E-state index in [2.05, 4.69) is 21.8 Å². The van der Waals surface area contributed by atoms with Crippen LogP contribution in [0.3, 0.4) is 0 Å². The van der Waals surface area contributed by atoms with Gasteiger partial charge in [0.15, 0.2) is 6.10 Å². The van der Waals surface area contributed by atoms with Crippen LogP contribution in [0.2, 0.25) is 0 Å². The van der Waals surface area contributed by atoms with Gasteiger partial charge in [0.05, 0.1) is 5.71 Å². The third-order valence-electron chi connectivity index (χ3n) is 2.89. The number of rotatable bonds is 3. The second-order valence-electron chi connectivity index (χ2n) is 4.51. The predicted octanol–water partition coefficient (Wildman–Crippen LogP) is 1.87. The van der Waals surface area contributed by atoms with E-state index in [-0.39, 0.29) is 5.91 Å². The van der Waals surface area contributed by atoms with Crippen molar-refractivity contribution in [1.82, 2.24) is 5.43 Å². The van der Waals surface area contributed by atoms with Gasteiger partial charge in [-0.25, -0.2) is 10.2 Å². The summed E-state index contributed by atoms with van der Waals surface area (Å²) in [5.41, 5.74) is 4.74. The first kappa shape index (κ1) is 14.6. The molecular weight excluding hydrogens is 270 g/mol. The van der Waals surface area contributed by atoms with Gasteiger partial charge in [0.1, 0.15) is 0 Å². The molecule has 1 heterocycles. The molecule has 0 spiro atoms. The standard InChI is InChI=1S/C15H15N3O3/c1-3-10(2)21-15(20)16-12-6-4-11(5-7-12)13-8-9-14(19)18-17-13/h1,4-7,10H,8-9H2,2H3,(H,16,20)(H,18,19). The molecule has 108 valence electrons. The molecule has 1 aliphatic rings. The molecule has 0 aliphatic carbocycles. The Hall–Kier alpha value is -2.81. The van der Waals surface area contributed by atoms with Crippen LogP contribution >= 0.6 is 0 Å². The molecule has 2 amide bonds. The number of nitrogens with one attached hydrogen (secondary N) is 2. The van der Waals surface area contributed by atoms with E-state index in [0.717, 1.165) is 11.3 Å². The Bertz CT molecular complexity index is 614. The summed E-state index contributed by atoms with van der Waals surface area (Å²) in [6.45, 7) is 1.61. The van der Waals surface area contributed by atoms with Crippen LogP contribution in [0.15, 0.2) is 29.4 Å². The van der Waals surface area contributed by atoms with Crippen LogP contribution in [0.5, 0.6) is 0 Å². The second kappa shape index (κ2) is 6.57. The van der Waals surface area contributed by atoms with Crippen LogP contribution in [0.25, 0.3) is 0 Å². The molecule has 2 rings (SSSR count). The molecule has 1 unspecified atom stereocenters. The van der Waals surface area contributed by atoms with E-state index in [0.29, 0.717) is 18.5 Å². The highest BCUT2D eigenvalue weighted by molar-refractivity contribution is 6.04. The van der Waals surface area contributed by atoms with Crippen LogP contribution in [0.1, 0.15) is 25.3 Å². The fraction of sp³-hybridized carbons (Fsp3) is 0.267. The number of carbonyl (C=O) groups excluding carboxylic acids is 2. The van der Waals surface area contributed by atoms with Crippen molar-refractivity contribution in [1.29, 1.82) is 0 Å². The maximum absolute atomic E-state index is 11.5. The third kappa shape index (κ3) is 4.08. The van der Waals surface area contributed by atoms with Crippen molar-refractivity contribution in [3.05, 3.63) is 29.8 Å². The molecule has 0 fully saturated rings. The Morgan fingerprint density at radius 3 is 2.71 bits per heavy atom. The highest BCUT2D eigenvalue weighted by atomic mass is 16.6. The fourth-order valence-corrected chi connectivity index (χ4v) is 1.77. The highest BCUT2D eigenvalue weighted by Gasteiger charge is 2.13. The molecule has 0 radical (unpaired) electrons. The molecule has 1 aromatic carbocycles. The number of amides is 2. The number of benzene rings is 1. The number of hydrogen-bond acceptors (Lipinski definition) is 4. The van der Waals surface area contributed by atoms with Gasteiger partial charge >= 0.3 is 6.09 Å². The van der Waals surface area contributed by atoms with E-state index in [9.17, 15) is 9.59 Å². The number of hydrazone groups is 1. The fourth-order valence-electron chi connectivity index (χ4n) is 1.77.